The Morgan fingerprint density at radius 3 is 2.41 bits per heavy atom. The number of aliphatic carboxylic acids is 1. The van der Waals surface area contributed by atoms with E-state index in [0.29, 0.717) is 13.0 Å². The SMILES string of the molecule is CCC(CC(=O)N(CC(C)C(=O)O)C1CC1)c1ccccc1. The van der Waals surface area contributed by atoms with Gasteiger partial charge in [-0.05, 0) is 30.7 Å². The van der Waals surface area contributed by atoms with Gasteiger partial charge in [0.15, 0.2) is 0 Å². The highest BCUT2D eigenvalue weighted by molar-refractivity contribution is 5.79. The summed E-state index contributed by atoms with van der Waals surface area (Å²) in [5.41, 5.74) is 1.18. The van der Waals surface area contributed by atoms with Crippen molar-refractivity contribution in [2.45, 2.75) is 51.5 Å². The van der Waals surface area contributed by atoms with Gasteiger partial charge in [0, 0.05) is 19.0 Å². The van der Waals surface area contributed by atoms with Gasteiger partial charge >= 0.3 is 5.97 Å². The lowest BCUT2D eigenvalue weighted by molar-refractivity contribution is -0.143. The summed E-state index contributed by atoms with van der Waals surface area (Å²) < 4.78 is 0. The number of carboxylic acids is 1. The third-order valence-corrected chi connectivity index (χ3v) is 4.38. The Labute approximate surface area is 132 Å². The molecule has 1 N–H and O–H groups in total. The minimum Gasteiger partial charge on any atom is -0.481 e. The van der Waals surface area contributed by atoms with Crippen molar-refractivity contribution in [3.63, 3.8) is 0 Å². The number of nitrogens with zero attached hydrogens (tertiary/aromatic N) is 1. The first-order valence-electron chi connectivity index (χ1n) is 8.10. The van der Waals surface area contributed by atoms with Crippen LogP contribution in [0.5, 0.6) is 0 Å². The molecular weight excluding hydrogens is 278 g/mol. The fraction of sp³-hybridized carbons (Fsp3) is 0.556. The fourth-order valence-corrected chi connectivity index (χ4v) is 2.77. The van der Waals surface area contributed by atoms with Gasteiger partial charge in [-0.15, -0.1) is 0 Å². The second-order valence-electron chi connectivity index (χ2n) is 6.24. The molecule has 120 valence electrons. The molecule has 1 amide bonds. The molecule has 1 aliphatic carbocycles. The van der Waals surface area contributed by atoms with Crippen LogP contribution in [0.2, 0.25) is 0 Å². The number of carboxylic acid groups (broad SMARTS) is 1. The monoisotopic (exact) mass is 303 g/mol. The van der Waals surface area contributed by atoms with Crippen molar-refractivity contribution < 1.29 is 14.7 Å². The van der Waals surface area contributed by atoms with Crippen LogP contribution in [0, 0.1) is 5.92 Å². The van der Waals surface area contributed by atoms with Gasteiger partial charge in [-0.25, -0.2) is 0 Å². The van der Waals surface area contributed by atoms with Crippen molar-refractivity contribution in [2.75, 3.05) is 6.54 Å². The normalized spacial score (nSPS) is 16.8. The molecule has 0 aliphatic heterocycles. The number of hydrogen-bond donors (Lipinski definition) is 1. The van der Waals surface area contributed by atoms with E-state index in [2.05, 4.69) is 19.1 Å². The topological polar surface area (TPSA) is 57.6 Å². The van der Waals surface area contributed by atoms with Crippen molar-refractivity contribution in [3.05, 3.63) is 35.9 Å². The van der Waals surface area contributed by atoms with Crippen LogP contribution < -0.4 is 0 Å². The molecule has 0 aromatic heterocycles. The molecule has 0 saturated heterocycles. The van der Waals surface area contributed by atoms with Crippen molar-refractivity contribution >= 4 is 11.9 Å². The van der Waals surface area contributed by atoms with E-state index in [4.69, 9.17) is 5.11 Å². The molecule has 4 heteroatoms. The highest BCUT2D eigenvalue weighted by Gasteiger charge is 2.35. The molecule has 22 heavy (non-hydrogen) atoms. The summed E-state index contributed by atoms with van der Waals surface area (Å²) in [6, 6.07) is 10.3. The summed E-state index contributed by atoms with van der Waals surface area (Å²) in [6.45, 7) is 4.08. The average molecular weight is 303 g/mol. The Morgan fingerprint density at radius 1 is 1.27 bits per heavy atom. The molecular formula is C18H25NO3. The molecule has 1 saturated carbocycles. The van der Waals surface area contributed by atoms with Crippen molar-refractivity contribution in [3.8, 4) is 0 Å². The third kappa shape index (κ3) is 4.33. The van der Waals surface area contributed by atoms with Gasteiger partial charge in [-0.1, -0.05) is 44.2 Å². The Morgan fingerprint density at radius 2 is 1.91 bits per heavy atom. The van der Waals surface area contributed by atoms with Crippen LogP contribution in [0.1, 0.15) is 51.0 Å². The van der Waals surface area contributed by atoms with E-state index in [1.54, 1.807) is 11.8 Å². The number of amides is 1. The van der Waals surface area contributed by atoms with E-state index in [1.807, 2.05) is 18.2 Å². The molecule has 2 atom stereocenters. The molecule has 4 nitrogen and oxygen atoms in total. The minimum atomic E-state index is -0.839. The second kappa shape index (κ2) is 7.43. The third-order valence-electron chi connectivity index (χ3n) is 4.38. The van der Waals surface area contributed by atoms with Gasteiger partial charge in [-0.3, -0.25) is 9.59 Å². The van der Waals surface area contributed by atoms with Gasteiger partial charge in [0.2, 0.25) is 5.91 Å². The summed E-state index contributed by atoms with van der Waals surface area (Å²) in [6.07, 6.45) is 3.37. The molecule has 2 unspecified atom stereocenters. The highest BCUT2D eigenvalue weighted by atomic mass is 16.4. The van der Waals surface area contributed by atoms with Gasteiger partial charge in [0.1, 0.15) is 0 Å². The average Bonchev–Trinajstić information content (AvgIpc) is 3.35. The van der Waals surface area contributed by atoms with E-state index in [0.717, 1.165) is 19.3 Å². The van der Waals surface area contributed by atoms with E-state index >= 15 is 0 Å². The van der Waals surface area contributed by atoms with E-state index in [9.17, 15) is 9.59 Å². The van der Waals surface area contributed by atoms with Gasteiger partial charge < -0.3 is 10.0 Å². The summed E-state index contributed by atoms with van der Waals surface area (Å²) in [5.74, 6) is -1.06. The molecule has 0 spiro atoms. The van der Waals surface area contributed by atoms with E-state index in [1.165, 1.54) is 5.56 Å². The Kier molecular flexibility index (Phi) is 5.58. The number of hydrogen-bond acceptors (Lipinski definition) is 2. The molecule has 0 radical (unpaired) electrons. The number of carbonyl (C=O) groups excluding carboxylic acids is 1. The minimum absolute atomic E-state index is 0.0892. The summed E-state index contributed by atoms with van der Waals surface area (Å²) in [4.78, 5) is 25.5. The maximum absolute atomic E-state index is 12.7. The largest absolute Gasteiger partial charge is 0.481 e. The summed E-state index contributed by atoms with van der Waals surface area (Å²) in [5, 5.41) is 9.08. The molecule has 1 aliphatic rings. The lowest BCUT2D eigenvalue weighted by Gasteiger charge is -2.26. The zero-order chi connectivity index (χ0) is 16.1. The smallest absolute Gasteiger partial charge is 0.308 e. The molecule has 1 aromatic rings. The first kappa shape index (κ1) is 16.5. The zero-order valence-electron chi connectivity index (χ0n) is 13.4. The number of benzene rings is 1. The van der Waals surface area contributed by atoms with Crippen molar-refractivity contribution in [1.82, 2.24) is 4.90 Å². The molecule has 0 heterocycles. The maximum atomic E-state index is 12.7. The van der Waals surface area contributed by atoms with Crippen LogP contribution in [0.15, 0.2) is 30.3 Å². The number of rotatable bonds is 8. The molecule has 1 aromatic carbocycles. The molecule has 2 rings (SSSR count). The van der Waals surface area contributed by atoms with Crippen LogP contribution in [-0.4, -0.2) is 34.5 Å². The van der Waals surface area contributed by atoms with Gasteiger partial charge in [0.25, 0.3) is 0 Å². The van der Waals surface area contributed by atoms with Crippen LogP contribution in [0.4, 0.5) is 0 Å². The standard InChI is InChI=1S/C18H25NO3/c1-3-14(15-7-5-4-6-8-15)11-17(20)19(16-9-10-16)12-13(2)18(21)22/h4-8,13-14,16H,3,9-12H2,1-2H3,(H,21,22). The van der Waals surface area contributed by atoms with Crippen molar-refractivity contribution in [2.24, 2.45) is 5.92 Å². The Bertz CT molecular complexity index is 510. The van der Waals surface area contributed by atoms with Crippen LogP contribution in [0.3, 0.4) is 0 Å². The van der Waals surface area contributed by atoms with E-state index in [-0.39, 0.29) is 17.9 Å². The van der Waals surface area contributed by atoms with Crippen molar-refractivity contribution in [1.29, 1.82) is 0 Å². The first-order chi connectivity index (χ1) is 10.5. The Balaban J connectivity index is 2.02. The molecule has 0 bridgehead atoms. The highest BCUT2D eigenvalue weighted by Crippen LogP contribution is 2.31. The summed E-state index contributed by atoms with van der Waals surface area (Å²) >= 11 is 0. The van der Waals surface area contributed by atoms with Crippen LogP contribution in [-0.2, 0) is 9.59 Å². The van der Waals surface area contributed by atoms with Crippen LogP contribution >= 0.6 is 0 Å². The predicted molar refractivity (Wildman–Crippen MR) is 85.6 cm³/mol. The first-order valence-corrected chi connectivity index (χ1v) is 8.10. The zero-order valence-corrected chi connectivity index (χ0v) is 13.4. The molecule has 1 fully saturated rings. The second-order valence-corrected chi connectivity index (χ2v) is 6.24. The Hall–Kier alpha value is -1.84. The number of carbonyl (C=O) groups is 2. The maximum Gasteiger partial charge on any atom is 0.308 e. The lowest BCUT2D eigenvalue weighted by atomic mass is 9.92. The summed E-state index contributed by atoms with van der Waals surface area (Å²) in [7, 11) is 0. The van der Waals surface area contributed by atoms with Crippen LogP contribution in [0.25, 0.3) is 0 Å². The quantitative estimate of drug-likeness (QED) is 0.802. The fourth-order valence-electron chi connectivity index (χ4n) is 2.77. The lowest BCUT2D eigenvalue weighted by Crippen LogP contribution is -2.39. The van der Waals surface area contributed by atoms with Gasteiger partial charge in [0.05, 0.1) is 5.92 Å². The van der Waals surface area contributed by atoms with E-state index < -0.39 is 11.9 Å². The predicted octanol–water partition coefficient (Wildman–Crippen LogP) is 3.28. The van der Waals surface area contributed by atoms with Gasteiger partial charge in [-0.2, -0.15) is 0 Å².